The van der Waals surface area contributed by atoms with Crippen LogP contribution in [0.4, 0.5) is 0 Å². The maximum Gasteiger partial charge on any atom is 0.255 e. The van der Waals surface area contributed by atoms with Crippen LogP contribution in [0.5, 0.6) is 0 Å². The molecule has 1 atom stereocenters. The lowest BCUT2D eigenvalue weighted by Crippen LogP contribution is -2.41. The zero-order valence-electron chi connectivity index (χ0n) is 12.7. The molecule has 0 spiro atoms. The smallest absolute Gasteiger partial charge is 0.255 e. The van der Waals surface area contributed by atoms with E-state index in [1.807, 2.05) is 25.1 Å². The summed E-state index contributed by atoms with van der Waals surface area (Å²) in [5.74, 6) is 1.38. The van der Waals surface area contributed by atoms with E-state index in [1.165, 1.54) is 0 Å². The lowest BCUT2D eigenvalue weighted by Gasteiger charge is -2.37. The summed E-state index contributed by atoms with van der Waals surface area (Å²) in [5, 5.41) is 12.6. The maximum atomic E-state index is 12.5. The summed E-state index contributed by atoms with van der Waals surface area (Å²) in [5.41, 5.74) is 1.38. The van der Waals surface area contributed by atoms with Crippen molar-refractivity contribution in [2.75, 3.05) is 0 Å². The molecule has 2 aromatic rings. The number of hydrogen-bond donors (Lipinski definition) is 2. The minimum absolute atomic E-state index is 0.161. The highest BCUT2D eigenvalue weighted by Gasteiger charge is 2.36. The fraction of sp³-hybridized carbons (Fsp3) is 0.412. The number of hydrogen-bond acceptors (Lipinski definition) is 4. The van der Waals surface area contributed by atoms with E-state index >= 15 is 0 Å². The summed E-state index contributed by atoms with van der Waals surface area (Å²) in [4.78, 5) is 16.9. The van der Waals surface area contributed by atoms with Crippen LogP contribution < -0.4 is 5.32 Å². The number of carbonyl (C=O) groups excluding carboxylic acids is 1. The van der Waals surface area contributed by atoms with Crippen molar-refractivity contribution in [1.29, 1.82) is 0 Å². The van der Waals surface area contributed by atoms with Crippen LogP contribution in [-0.4, -0.2) is 22.1 Å². The average Bonchev–Trinajstić information content (AvgIpc) is 2.81. The van der Waals surface area contributed by atoms with Crippen molar-refractivity contribution >= 4 is 5.91 Å². The number of amides is 1. The first-order chi connectivity index (χ1) is 10.5. The first-order valence-electron chi connectivity index (χ1n) is 7.51. The molecule has 5 heteroatoms. The van der Waals surface area contributed by atoms with Gasteiger partial charge in [0.1, 0.15) is 11.5 Å². The molecule has 0 aromatic carbocycles. The summed E-state index contributed by atoms with van der Waals surface area (Å²) >= 11 is 0. The summed E-state index contributed by atoms with van der Waals surface area (Å²) in [6.45, 7) is 3.60. The van der Waals surface area contributed by atoms with Crippen LogP contribution in [0.25, 0.3) is 0 Å². The molecule has 0 unspecified atom stereocenters. The van der Waals surface area contributed by atoms with Crippen LogP contribution >= 0.6 is 0 Å². The van der Waals surface area contributed by atoms with Crippen LogP contribution in [0, 0.1) is 19.8 Å². The fourth-order valence-electron chi connectivity index (χ4n) is 2.97. The van der Waals surface area contributed by atoms with Crippen molar-refractivity contribution in [1.82, 2.24) is 10.3 Å². The van der Waals surface area contributed by atoms with Crippen molar-refractivity contribution in [2.24, 2.45) is 5.92 Å². The van der Waals surface area contributed by atoms with Crippen molar-refractivity contribution < 1.29 is 14.3 Å². The molecule has 3 rings (SSSR count). The molecule has 0 radical (unpaired) electrons. The van der Waals surface area contributed by atoms with Crippen molar-refractivity contribution in [3.05, 3.63) is 53.2 Å². The summed E-state index contributed by atoms with van der Waals surface area (Å²) < 4.78 is 5.42. The van der Waals surface area contributed by atoms with Gasteiger partial charge in [0.25, 0.3) is 5.91 Å². The third-order valence-corrected chi connectivity index (χ3v) is 4.20. The van der Waals surface area contributed by atoms with Gasteiger partial charge in [-0.3, -0.25) is 9.78 Å². The van der Waals surface area contributed by atoms with Gasteiger partial charge in [-0.15, -0.1) is 0 Å². The Morgan fingerprint density at radius 2 is 2.18 bits per heavy atom. The van der Waals surface area contributed by atoms with E-state index < -0.39 is 0 Å². The predicted octanol–water partition coefficient (Wildman–Crippen LogP) is 2.53. The SMILES string of the molecule is Cc1cc(C(=O)N[C@H](c2ccccn2)C2CC(O)C2)c(C)o1. The Morgan fingerprint density at radius 1 is 1.41 bits per heavy atom. The number of furan rings is 1. The highest BCUT2D eigenvalue weighted by molar-refractivity contribution is 5.95. The number of aliphatic hydroxyl groups is 1. The number of rotatable bonds is 4. The maximum absolute atomic E-state index is 12.5. The number of aliphatic hydroxyl groups excluding tert-OH is 1. The lowest BCUT2D eigenvalue weighted by molar-refractivity contribution is 0.0228. The second-order valence-electron chi connectivity index (χ2n) is 5.92. The van der Waals surface area contributed by atoms with E-state index in [9.17, 15) is 9.90 Å². The van der Waals surface area contributed by atoms with Gasteiger partial charge in [-0.1, -0.05) is 6.07 Å². The molecule has 1 saturated carbocycles. The third kappa shape index (κ3) is 2.90. The Kier molecular flexibility index (Phi) is 3.98. The summed E-state index contributed by atoms with van der Waals surface area (Å²) in [6.07, 6.45) is 2.82. The zero-order chi connectivity index (χ0) is 15.7. The van der Waals surface area contributed by atoms with E-state index in [1.54, 1.807) is 19.2 Å². The van der Waals surface area contributed by atoms with Gasteiger partial charge < -0.3 is 14.8 Å². The van der Waals surface area contributed by atoms with Crippen LogP contribution in [0.3, 0.4) is 0 Å². The van der Waals surface area contributed by atoms with Crippen molar-refractivity contribution in [3.63, 3.8) is 0 Å². The number of carbonyl (C=O) groups is 1. The second-order valence-corrected chi connectivity index (χ2v) is 5.92. The van der Waals surface area contributed by atoms with Crippen LogP contribution in [0.15, 0.2) is 34.9 Å². The van der Waals surface area contributed by atoms with Crippen molar-refractivity contribution in [3.8, 4) is 0 Å². The number of aryl methyl sites for hydroxylation is 2. The molecule has 2 aromatic heterocycles. The van der Waals surface area contributed by atoms with Crippen molar-refractivity contribution in [2.45, 2.75) is 38.8 Å². The first kappa shape index (κ1) is 14.8. The molecule has 1 amide bonds. The van der Waals surface area contributed by atoms with E-state index in [4.69, 9.17) is 4.42 Å². The third-order valence-electron chi connectivity index (χ3n) is 4.20. The van der Waals surface area contributed by atoms with Gasteiger partial charge in [0.2, 0.25) is 0 Å². The Labute approximate surface area is 129 Å². The molecule has 2 N–H and O–H groups in total. The van der Waals surface area contributed by atoms with E-state index in [0.717, 1.165) is 11.5 Å². The Balaban J connectivity index is 1.81. The molecule has 22 heavy (non-hydrogen) atoms. The second kappa shape index (κ2) is 5.93. The van der Waals surface area contributed by atoms with Gasteiger partial charge in [-0.05, 0) is 50.8 Å². The summed E-state index contributed by atoms with van der Waals surface area (Å²) in [6, 6.07) is 7.22. The fourth-order valence-corrected chi connectivity index (χ4v) is 2.97. The number of nitrogens with zero attached hydrogens (tertiary/aromatic N) is 1. The Morgan fingerprint density at radius 3 is 2.73 bits per heavy atom. The molecule has 2 heterocycles. The van der Waals surface area contributed by atoms with Crippen LogP contribution in [0.2, 0.25) is 0 Å². The molecule has 1 aliphatic rings. The van der Waals surface area contributed by atoms with E-state index in [0.29, 0.717) is 24.2 Å². The van der Waals surface area contributed by atoms with E-state index in [-0.39, 0.29) is 24.0 Å². The topological polar surface area (TPSA) is 75.4 Å². The van der Waals surface area contributed by atoms with Gasteiger partial charge >= 0.3 is 0 Å². The average molecular weight is 300 g/mol. The van der Waals surface area contributed by atoms with Gasteiger partial charge in [-0.25, -0.2) is 0 Å². The van der Waals surface area contributed by atoms with Crippen LogP contribution in [-0.2, 0) is 0 Å². The highest BCUT2D eigenvalue weighted by Crippen LogP contribution is 2.37. The lowest BCUT2D eigenvalue weighted by atomic mass is 9.76. The number of nitrogens with one attached hydrogen (secondary N) is 1. The largest absolute Gasteiger partial charge is 0.466 e. The minimum Gasteiger partial charge on any atom is -0.466 e. The quantitative estimate of drug-likeness (QED) is 0.910. The molecular formula is C17H20N2O3. The number of pyridine rings is 1. The number of aromatic nitrogens is 1. The zero-order valence-corrected chi connectivity index (χ0v) is 12.7. The van der Waals surface area contributed by atoms with Gasteiger partial charge in [-0.2, -0.15) is 0 Å². The molecule has 0 bridgehead atoms. The Hall–Kier alpha value is -2.14. The Bertz CT molecular complexity index is 660. The normalized spacial score (nSPS) is 22.0. The predicted molar refractivity (Wildman–Crippen MR) is 81.4 cm³/mol. The molecule has 116 valence electrons. The standard InChI is InChI=1S/C17H20N2O3/c1-10-7-14(11(2)22-10)17(21)19-16(12-8-13(20)9-12)15-5-3-4-6-18-15/h3-7,12-13,16,20H,8-9H2,1-2H3,(H,19,21)/t12?,13?,16-/m0/s1. The highest BCUT2D eigenvalue weighted by atomic mass is 16.3. The van der Waals surface area contributed by atoms with Crippen LogP contribution in [0.1, 0.15) is 46.5 Å². The molecular weight excluding hydrogens is 280 g/mol. The molecule has 1 fully saturated rings. The molecule has 5 nitrogen and oxygen atoms in total. The van der Waals surface area contributed by atoms with Gasteiger partial charge in [0.05, 0.1) is 23.4 Å². The van der Waals surface area contributed by atoms with E-state index in [2.05, 4.69) is 10.3 Å². The van der Waals surface area contributed by atoms with Gasteiger partial charge in [0.15, 0.2) is 0 Å². The minimum atomic E-state index is -0.272. The molecule has 0 aliphatic heterocycles. The van der Waals surface area contributed by atoms with Gasteiger partial charge in [0, 0.05) is 6.20 Å². The molecule has 0 saturated heterocycles. The summed E-state index contributed by atoms with van der Waals surface area (Å²) in [7, 11) is 0. The monoisotopic (exact) mass is 300 g/mol. The first-order valence-corrected chi connectivity index (χ1v) is 7.51. The molecule has 1 aliphatic carbocycles.